The molecule has 0 aliphatic carbocycles. The molecule has 0 aromatic carbocycles. The number of aliphatic hydroxyl groups excluding tert-OH is 2. The van der Waals surface area contributed by atoms with E-state index in [1.807, 2.05) is 0 Å². The van der Waals surface area contributed by atoms with Gasteiger partial charge in [0.15, 0.2) is 0 Å². The van der Waals surface area contributed by atoms with Crippen molar-refractivity contribution < 1.29 is 29.3 Å². The molecule has 0 radical (unpaired) electrons. The normalized spacial score (nSPS) is 24.6. The van der Waals surface area contributed by atoms with Gasteiger partial charge in [-0.15, -0.1) is 0 Å². The highest BCUT2D eigenvalue weighted by Gasteiger charge is 2.35. The van der Waals surface area contributed by atoms with E-state index in [0.29, 0.717) is 19.3 Å². The predicted molar refractivity (Wildman–Crippen MR) is 161 cm³/mol. The first-order valence-corrected chi connectivity index (χ1v) is 16.8. The first kappa shape index (κ1) is 35.0. The van der Waals surface area contributed by atoms with Gasteiger partial charge in [0.25, 0.3) is 0 Å². The summed E-state index contributed by atoms with van der Waals surface area (Å²) in [6.45, 7) is 3.78. The average Bonchev–Trinajstić information content (AvgIpc) is 3.55. The molecule has 2 aliphatic heterocycles. The summed E-state index contributed by atoms with van der Waals surface area (Å²) in [5, 5.41) is 21.1. The summed E-state index contributed by atoms with van der Waals surface area (Å²) in [6.07, 6.45) is 26.3. The molecule has 2 fully saturated rings. The fraction of sp³-hybridized carbons (Fsp3) is 0.882. The van der Waals surface area contributed by atoms with Crippen molar-refractivity contribution >= 4 is 11.8 Å². The molecule has 2 heterocycles. The topological polar surface area (TPSA) is 93.1 Å². The number of esters is 1. The van der Waals surface area contributed by atoms with Crippen LogP contribution in [0.2, 0.25) is 0 Å². The number of ketones is 1. The summed E-state index contributed by atoms with van der Waals surface area (Å²) in [5.41, 5.74) is 0. The number of carbonyl (C=O) groups excluding carboxylic acids is 2. The first-order valence-electron chi connectivity index (χ1n) is 16.8. The third-order valence-corrected chi connectivity index (χ3v) is 8.69. The van der Waals surface area contributed by atoms with Crippen LogP contribution in [0.1, 0.15) is 155 Å². The van der Waals surface area contributed by atoms with Gasteiger partial charge in [-0.05, 0) is 71.1 Å². The van der Waals surface area contributed by atoms with Crippen molar-refractivity contribution in [2.45, 2.75) is 186 Å². The number of hydrogen-bond donors (Lipinski definition) is 2. The molecule has 0 amide bonds. The van der Waals surface area contributed by atoms with E-state index in [1.54, 1.807) is 0 Å². The highest BCUT2D eigenvalue weighted by Crippen LogP contribution is 2.29. The van der Waals surface area contributed by atoms with Crippen molar-refractivity contribution in [3.8, 4) is 0 Å². The Morgan fingerprint density at radius 2 is 1.40 bits per heavy atom. The second kappa shape index (κ2) is 21.5. The van der Waals surface area contributed by atoms with Crippen molar-refractivity contribution in [2.24, 2.45) is 5.92 Å². The van der Waals surface area contributed by atoms with E-state index < -0.39 is 12.2 Å². The van der Waals surface area contributed by atoms with Crippen LogP contribution < -0.4 is 0 Å². The Morgan fingerprint density at radius 1 is 0.825 bits per heavy atom. The number of ether oxygens (including phenoxy) is 2. The Morgan fingerprint density at radius 3 is 2.08 bits per heavy atom. The standard InChI is InChI=1S/C34H60O6/c1-3-4-5-6-7-8-12-15-18-21-30(36)32-23-24-33(40-32)31(37)22-19-16-13-10-9-11-14-17-20-29-26-28(25-27(2)35)34(38)39-29/h13,16,28-33,36-37H,3-12,14-15,17-26H2,1-2H3/b16-13+/t28-,29+,30+,31-,32-,33-/m1/s1. The Bertz CT molecular complexity index is 707. The van der Waals surface area contributed by atoms with Gasteiger partial charge in [0.2, 0.25) is 0 Å². The minimum absolute atomic E-state index is 0.00900. The molecule has 6 heteroatoms. The van der Waals surface area contributed by atoms with E-state index in [-0.39, 0.29) is 36.0 Å². The molecule has 0 aromatic rings. The molecular formula is C34H60O6. The molecule has 6 atom stereocenters. The zero-order chi connectivity index (χ0) is 29.0. The van der Waals surface area contributed by atoms with Crippen molar-refractivity contribution in [3.05, 3.63) is 12.2 Å². The van der Waals surface area contributed by atoms with E-state index in [9.17, 15) is 19.8 Å². The monoisotopic (exact) mass is 564 g/mol. The number of Topliss-reactive ketones (excluding diaryl/α,β-unsaturated/α-hetero) is 1. The zero-order valence-electron chi connectivity index (χ0n) is 25.7. The lowest BCUT2D eigenvalue weighted by Gasteiger charge is -2.22. The SMILES string of the molecule is CCCCCCCCCCC[C@H](O)[C@H]1CC[C@H]([C@H](O)CC/C=C/CCCCCC[C@H]2C[C@@H](CC(C)=O)C(=O)O2)O1. The Balaban J connectivity index is 1.41. The summed E-state index contributed by atoms with van der Waals surface area (Å²) in [4.78, 5) is 23.1. The van der Waals surface area contributed by atoms with Gasteiger partial charge in [0, 0.05) is 6.42 Å². The van der Waals surface area contributed by atoms with Crippen LogP contribution in [-0.4, -0.2) is 52.5 Å². The molecule has 0 bridgehead atoms. The maximum atomic E-state index is 11.8. The Labute approximate surface area is 244 Å². The van der Waals surface area contributed by atoms with E-state index in [1.165, 1.54) is 58.3 Å². The predicted octanol–water partition coefficient (Wildman–Crippen LogP) is 7.76. The molecular weight excluding hydrogens is 504 g/mol. The van der Waals surface area contributed by atoms with Crippen molar-refractivity contribution in [1.82, 2.24) is 0 Å². The summed E-state index contributed by atoms with van der Waals surface area (Å²) >= 11 is 0. The van der Waals surface area contributed by atoms with Crippen LogP contribution in [-0.2, 0) is 19.1 Å². The lowest BCUT2D eigenvalue weighted by molar-refractivity contribution is -0.145. The van der Waals surface area contributed by atoms with Gasteiger partial charge in [-0.3, -0.25) is 4.79 Å². The zero-order valence-corrected chi connectivity index (χ0v) is 25.7. The van der Waals surface area contributed by atoms with E-state index in [0.717, 1.165) is 70.6 Å². The molecule has 6 nitrogen and oxygen atoms in total. The second-order valence-corrected chi connectivity index (χ2v) is 12.5. The first-order chi connectivity index (χ1) is 19.4. The van der Waals surface area contributed by atoms with Crippen LogP contribution in [0.3, 0.4) is 0 Å². The van der Waals surface area contributed by atoms with Gasteiger partial charge < -0.3 is 24.5 Å². The largest absolute Gasteiger partial charge is 0.462 e. The number of hydrogen-bond acceptors (Lipinski definition) is 6. The number of allylic oxidation sites excluding steroid dienone is 2. The average molecular weight is 565 g/mol. The summed E-state index contributed by atoms with van der Waals surface area (Å²) in [6, 6.07) is 0. The van der Waals surface area contributed by atoms with Crippen LogP contribution in [0, 0.1) is 5.92 Å². The van der Waals surface area contributed by atoms with Crippen LogP contribution in [0.15, 0.2) is 12.2 Å². The summed E-state index contributed by atoms with van der Waals surface area (Å²) in [5.74, 6) is -0.370. The molecule has 2 N–H and O–H groups in total. The minimum atomic E-state index is -0.464. The molecule has 232 valence electrons. The van der Waals surface area contributed by atoms with Crippen LogP contribution in [0.4, 0.5) is 0 Å². The third kappa shape index (κ3) is 15.1. The number of carbonyl (C=O) groups is 2. The Kier molecular flexibility index (Phi) is 18.8. The lowest BCUT2D eigenvalue weighted by atomic mass is 9.97. The van der Waals surface area contributed by atoms with E-state index in [2.05, 4.69) is 19.1 Å². The van der Waals surface area contributed by atoms with Gasteiger partial charge in [-0.25, -0.2) is 0 Å². The van der Waals surface area contributed by atoms with Gasteiger partial charge in [-0.1, -0.05) is 89.7 Å². The summed E-state index contributed by atoms with van der Waals surface area (Å²) in [7, 11) is 0. The third-order valence-electron chi connectivity index (χ3n) is 8.69. The molecule has 0 unspecified atom stereocenters. The number of cyclic esters (lactones) is 1. The van der Waals surface area contributed by atoms with Gasteiger partial charge >= 0.3 is 5.97 Å². The highest BCUT2D eigenvalue weighted by molar-refractivity contribution is 5.83. The van der Waals surface area contributed by atoms with Crippen LogP contribution in [0.25, 0.3) is 0 Å². The maximum absolute atomic E-state index is 11.8. The number of aliphatic hydroxyl groups is 2. The molecule has 40 heavy (non-hydrogen) atoms. The van der Waals surface area contributed by atoms with Gasteiger partial charge in [0.05, 0.1) is 30.3 Å². The van der Waals surface area contributed by atoms with Crippen LogP contribution in [0.5, 0.6) is 0 Å². The second-order valence-electron chi connectivity index (χ2n) is 12.5. The molecule has 2 rings (SSSR count). The fourth-order valence-electron chi connectivity index (χ4n) is 6.19. The highest BCUT2D eigenvalue weighted by atomic mass is 16.6. The quantitative estimate of drug-likeness (QED) is 0.0707. The molecule has 0 aromatic heterocycles. The lowest BCUT2D eigenvalue weighted by Crippen LogP contribution is -2.30. The molecule has 0 saturated carbocycles. The maximum Gasteiger partial charge on any atom is 0.309 e. The van der Waals surface area contributed by atoms with Crippen molar-refractivity contribution in [1.29, 1.82) is 0 Å². The van der Waals surface area contributed by atoms with E-state index >= 15 is 0 Å². The van der Waals surface area contributed by atoms with Crippen LogP contribution >= 0.6 is 0 Å². The number of unbranched alkanes of at least 4 members (excludes halogenated alkanes) is 12. The minimum Gasteiger partial charge on any atom is -0.462 e. The molecule has 0 spiro atoms. The Hall–Kier alpha value is -1.24. The van der Waals surface area contributed by atoms with Crippen molar-refractivity contribution in [3.63, 3.8) is 0 Å². The van der Waals surface area contributed by atoms with Gasteiger partial charge in [0.1, 0.15) is 11.9 Å². The van der Waals surface area contributed by atoms with Crippen molar-refractivity contribution in [2.75, 3.05) is 0 Å². The van der Waals surface area contributed by atoms with Gasteiger partial charge in [-0.2, -0.15) is 0 Å². The fourth-order valence-corrected chi connectivity index (χ4v) is 6.19. The molecule has 2 saturated heterocycles. The van der Waals surface area contributed by atoms with E-state index in [4.69, 9.17) is 9.47 Å². The smallest absolute Gasteiger partial charge is 0.309 e. The molecule has 2 aliphatic rings. The number of rotatable bonds is 24. The summed E-state index contributed by atoms with van der Waals surface area (Å²) < 4.78 is 11.5.